The Morgan fingerprint density at radius 2 is 1.80 bits per heavy atom. The van der Waals surface area contributed by atoms with Crippen LogP contribution in [0.3, 0.4) is 0 Å². The second-order valence-corrected chi connectivity index (χ2v) is 4.02. The van der Waals surface area contributed by atoms with Crippen molar-refractivity contribution in [2.45, 2.75) is 20.8 Å². The van der Waals surface area contributed by atoms with E-state index in [0.717, 1.165) is 12.1 Å². The molecule has 1 aromatic rings. The average molecular weight is 212 g/mol. The van der Waals surface area contributed by atoms with Crippen LogP contribution in [0.4, 0.5) is 8.78 Å². The average Bonchev–Trinajstić information content (AvgIpc) is 2.15. The Balaban J connectivity index is 3.01. The summed E-state index contributed by atoms with van der Waals surface area (Å²) in [6, 6.07) is 3.04. The predicted octanol–water partition coefficient (Wildman–Crippen LogP) is 3.44. The van der Waals surface area contributed by atoms with Crippen molar-refractivity contribution in [2.24, 2.45) is 11.8 Å². The van der Waals surface area contributed by atoms with E-state index in [0.29, 0.717) is 0 Å². The van der Waals surface area contributed by atoms with Gasteiger partial charge >= 0.3 is 0 Å². The van der Waals surface area contributed by atoms with Crippen molar-refractivity contribution in [1.82, 2.24) is 0 Å². The molecule has 1 atom stereocenters. The van der Waals surface area contributed by atoms with Gasteiger partial charge in [-0.3, -0.25) is 4.79 Å². The van der Waals surface area contributed by atoms with Crippen molar-refractivity contribution in [3.05, 3.63) is 35.4 Å². The first-order chi connectivity index (χ1) is 6.93. The summed E-state index contributed by atoms with van der Waals surface area (Å²) in [6.07, 6.45) is 0. The van der Waals surface area contributed by atoms with E-state index >= 15 is 0 Å². The lowest BCUT2D eigenvalue weighted by Crippen LogP contribution is -2.18. The highest BCUT2D eigenvalue weighted by Gasteiger charge is 2.21. The molecule has 0 bridgehead atoms. The van der Waals surface area contributed by atoms with E-state index in [1.807, 2.05) is 13.8 Å². The van der Waals surface area contributed by atoms with Crippen LogP contribution in [0.5, 0.6) is 0 Å². The second kappa shape index (κ2) is 4.51. The summed E-state index contributed by atoms with van der Waals surface area (Å²) in [7, 11) is 0. The zero-order chi connectivity index (χ0) is 11.6. The Morgan fingerprint density at radius 3 is 2.27 bits per heavy atom. The summed E-state index contributed by atoms with van der Waals surface area (Å²) in [4.78, 5) is 11.8. The fourth-order valence-corrected chi connectivity index (χ4v) is 1.24. The minimum Gasteiger partial charge on any atom is -0.294 e. The Bertz CT molecular complexity index is 372. The van der Waals surface area contributed by atoms with Crippen molar-refractivity contribution in [3.63, 3.8) is 0 Å². The summed E-state index contributed by atoms with van der Waals surface area (Å²) >= 11 is 0. The summed E-state index contributed by atoms with van der Waals surface area (Å²) in [5.74, 6) is -1.84. The van der Waals surface area contributed by atoms with Crippen LogP contribution in [-0.2, 0) is 0 Å². The van der Waals surface area contributed by atoms with Crippen LogP contribution in [0.2, 0.25) is 0 Å². The van der Waals surface area contributed by atoms with Crippen LogP contribution in [0.25, 0.3) is 0 Å². The number of Topliss-reactive ketones (excluding diaryl/α,β-unsaturated/α-hetero) is 1. The molecule has 15 heavy (non-hydrogen) atoms. The van der Waals surface area contributed by atoms with Gasteiger partial charge in [-0.05, 0) is 18.1 Å². The molecule has 0 saturated heterocycles. The summed E-state index contributed by atoms with van der Waals surface area (Å²) in [6.45, 7) is 5.53. The van der Waals surface area contributed by atoms with Crippen LogP contribution in [0.1, 0.15) is 31.1 Å². The second-order valence-electron chi connectivity index (χ2n) is 4.02. The van der Waals surface area contributed by atoms with Crippen molar-refractivity contribution < 1.29 is 13.6 Å². The monoisotopic (exact) mass is 212 g/mol. The first kappa shape index (κ1) is 11.8. The molecule has 0 saturated carbocycles. The van der Waals surface area contributed by atoms with Crippen LogP contribution in [0.15, 0.2) is 18.2 Å². The van der Waals surface area contributed by atoms with Gasteiger partial charge < -0.3 is 0 Å². The van der Waals surface area contributed by atoms with E-state index in [2.05, 4.69) is 0 Å². The zero-order valence-corrected chi connectivity index (χ0v) is 9.05. The van der Waals surface area contributed by atoms with Crippen molar-refractivity contribution in [3.8, 4) is 0 Å². The molecule has 0 aliphatic carbocycles. The molecule has 0 aliphatic heterocycles. The van der Waals surface area contributed by atoms with Crippen LogP contribution in [-0.4, -0.2) is 5.78 Å². The van der Waals surface area contributed by atoms with Crippen LogP contribution in [0, 0.1) is 23.5 Å². The molecule has 0 aliphatic rings. The molecule has 1 unspecified atom stereocenters. The third-order valence-electron chi connectivity index (χ3n) is 2.61. The zero-order valence-electron chi connectivity index (χ0n) is 9.05. The molecule has 3 heteroatoms. The summed E-state index contributed by atoms with van der Waals surface area (Å²) in [5, 5.41) is 0. The van der Waals surface area contributed by atoms with Gasteiger partial charge in [-0.1, -0.05) is 20.8 Å². The van der Waals surface area contributed by atoms with Gasteiger partial charge in [-0.15, -0.1) is 0 Å². The van der Waals surface area contributed by atoms with Crippen LogP contribution < -0.4 is 0 Å². The van der Waals surface area contributed by atoms with E-state index in [9.17, 15) is 13.6 Å². The molecule has 0 N–H and O–H groups in total. The number of halogens is 2. The normalized spacial score (nSPS) is 12.9. The maximum atomic E-state index is 13.3. The first-order valence-corrected chi connectivity index (χ1v) is 4.92. The van der Waals surface area contributed by atoms with Gasteiger partial charge in [0.15, 0.2) is 5.78 Å². The standard InChI is InChI=1S/C12H14F2O/c1-7(2)8(3)12(15)10-5-4-9(13)6-11(10)14/h4-8H,1-3H3. The first-order valence-electron chi connectivity index (χ1n) is 4.92. The van der Waals surface area contributed by atoms with Gasteiger partial charge in [-0.2, -0.15) is 0 Å². The quantitative estimate of drug-likeness (QED) is 0.701. The Morgan fingerprint density at radius 1 is 1.20 bits per heavy atom. The van der Waals surface area contributed by atoms with Gasteiger partial charge in [0.2, 0.25) is 0 Å². The van der Waals surface area contributed by atoms with Crippen LogP contribution >= 0.6 is 0 Å². The third kappa shape index (κ3) is 2.61. The lowest BCUT2D eigenvalue weighted by Gasteiger charge is -2.14. The molecular formula is C12H14F2O. The molecule has 82 valence electrons. The number of benzene rings is 1. The highest BCUT2D eigenvalue weighted by Crippen LogP contribution is 2.19. The van der Waals surface area contributed by atoms with E-state index in [1.165, 1.54) is 6.07 Å². The number of rotatable bonds is 3. The lowest BCUT2D eigenvalue weighted by atomic mass is 9.89. The maximum absolute atomic E-state index is 13.3. The van der Waals surface area contributed by atoms with Gasteiger partial charge in [-0.25, -0.2) is 8.78 Å². The van der Waals surface area contributed by atoms with Gasteiger partial charge in [0.25, 0.3) is 0 Å². The van der Waals surface area contributed by atoms with E-state index < -0.39 is 11.6 Å². The fourth-order valence-electron chi connectivity index (χ4n) is 1.24. The summed E-state index contributed by atoms with van der Waals surface area (Å²) in [5.41, 5.74) is -0.0300. The molecule has 0 fully saturated rings. The molecule has 1 nitrogen and oxygen atoms in total. The van der Waals surface area contributed by atoms with Crippen molar-refractivity contribution in [1.29, 1.82) is 0 Å². The molecule has 0 radical (unpaired) electrons. The number of carbonyl (C=O) groups excluding carboxylic acids is 1. The lowest BCUT2D eigenvalue weighted by molar-refractivity contribution is 0.0895. The van der Waals surface area contributed by atoms with Gasteiger partial charge in [0.1, 0.15) is 11.6 Å². The minimum absolute atomic E-state index is 0.0300. The van der Waals surface area contributed by atoms with E-state index in [4.69, 9.17) is 0 Å². The van der Waals surface area contributed by atoms with Gasteiger partial charge in [0, 0.05) is 12.0 Å². The topological polar surface area (TPSA) is 17.1 Å². The third-order valence-corrected chi connectivity index (χ3v) is 2.61. The Kier molecular flexibility index (Phi) is 3.56. The largest absolute Gasteiger partial charge is 0.294 e. The van der Waals surface area contributed by atoms with E-state index in [-0.39, 0.29) is 23.2 Å². The molecule has 0 spiro atoms. The number of hydrogen-bond acceptors (Lipinski definition) is 1. The summed E-state index contributed by atoms with van der Waals surface area (Å²) < 4.78 is 25.9. The smallest absolute Gasteiger partial charge is 0.168 e. The number of carbonyl (C=O) groups is 1. The minimum atomic E-state index is -0.785. The highest BCUT2D eigenvalue weighted by atomic mass is 19.1. The Labute approximate surface area is 88.1 Å². The SMILES string of the molecule is CC(C)C(C)C(=O)c1ccc(F)cc1F. The maximum Gasteiger partial charge on any atom is 0.168 e. The fraction of sp³-hybridized carbons (Fsp3) is 0.417. The predicted molar refractivity (Wildman–Crippen MR) is 54.7 cm³/mol. The van der Waals surface area contributed by atoms with Crippen molar-refractivity contribution >= 4 is 5.78 Å². The van der Waals surface area contributed by atoms with E-state index in [1.54, 1.807) is 6.92 Å². The Hall–Kier alpha value is -1.25. The molecule has 0 aromatic heterocycles. The van der Waals surface area contributed by atoms with Gasteiger partial charge in [0.05, 0.1) is 5.56 Å². The highest BCUT2D eigenvalue weighted by molar-refractivity contribution is 5.97. The number of hydrogen-bond donors (Lipinski definition) is 0. The molecule has 0 amide bonds. The van der Waals surface area contributed by atoms with Crippen molar-refractivity contribution in [2.75, 3.05) is 0 Å². The molecule has 1 rings (SSSR count). The number of ketones is 1. The molecule has 1 aromatic carbocycles. The molecule has 0 heterocycles. The molecular weight excluding hydrogens is 198 g/mol.